The number of aromatic nitrogens is 1. The number of carbonyl (C=O) groups is 2. The molecule has 2 aromatic rings. The van der Waals surface area contributed by atoms with Crippen LogP contribution in [0.5, 0.6) is 0 Å². The van der Waals surface area contributed by atoms with Crippen LogP contribution in [-0.4, -0.2) is 27.3 Å². The highest BCUT2D eigenvalue weighted by Crippen LogP contribution is 2.43. The van der Waals surface area contributed by atoms with Crippen LogP contribution in [0.1, 0.15) is 37.7 Å². The molecular weight excluding hydrogens is 384 g/mol. The maximum absolute atomic E-state index is 13.3. The van der Waals surface area contributed by atoms with Crippen molar-refractivity contribution in [2.24, 2.45) is 10.9 Å². The number of hydrogen-bond acceptors (Lipinski definition) is 6. The van der Waals surface area contributed by atoms with E-state index >= 15 is 0 Å². The lowest BCUT2D eigenvalue weighted by Crippen LogP contribution is -2.39. The van der Waals surface area contributed by atoms with Gasteiger partial charge in [-0.3, -0.25) is 29.7 Å². The van der Waals surface area contributed by atoms with E-state index in [4.69, 9.17) is 0 Å². The summed E-state index contributed by atoms with van der Waals surface area (Å²) in [5.41, 5.74) is 3.08. The topological polar surface area (TPSA) is 115 Å². The number of ketones is 1. The number of nitrogens with one attached hydrogen (secondary N) is 1. The van der Waals surface area contributed by atoms with Crippen molar-refractivity contribution in [3.63, 3.8) is 0 Å². The molecule has 2 heterocycles. The van der Waals surface area contributed by atoms with Crippen molar-refractivity contribution in [2.45, 2.75) is 32.1 Å². The normalized spacial score (nSPS) is 21.0. The number of benzene rings is 1. The van der Waals surface area contributed by atoms with Crippen molar-refractivity contribution >= 4 is 28.8 Å². The van der Waals surface area contributed by atoms with E-state index in [1.54, 1.807) is 43.6 Å². The summed E-state index contributed by atoms with van der Waals surface area (Å²) in [7, 11) is 0. The first-order valence-electron chi connectivity index (χ1n) is 9.72. The Hall–Kier alpha value is -3.68. The van der Waals surface area contributed by atoms with Crippen LogP contribution in [0.15, 0.2) is 65.1 Å². The van der Waals surface area contributed by atoms with Gasteiger partial charge >= 0.3 is 0 Å². The lowest BCUT2D eigenvalue weighted by atomic mass is 9.71. The van der Waals surface area contributed by atoms with Crippen molar-refractivity contribution in [1.82, 2.24) is 4.98 Å². The van der Waals surface area contributed by atoms with Gasteiger partial charge in [0.1, 0.15) is 0 Å². The molecule has 8 heteroatoms. The van der Waals surface area contributed by atoms with Gasteiger partial charge in [0, 0.05) is 47.7 Å². The van der Waals surface area contributed by atoms with Gasteiger partial charge in [-0.15, -0.1) is 0 Å². The molecule has 1 aromatic heterocycles. The van der Waals surface area contributed by atoms with E-state index in [1.165, 1.54) is 12.1 Å². The minimum absolute atomic E-state index is 0.0185. The first-order valence-corrected chi connectivity index (χ1v) is 9.72. The number of nitrogens with zero attached hydrogens (tertiary/aromatic N) is 3. The third kappa shape index (κ3) is 3.63. The molecule has 1 aliphatic heterocycles. The number of amides is 1. The SMILES string of the molecule is CC1=NC2=C(C(=O)CCC2)[C@@H](c2ccc([N+](=O)[O-])cc2)C1C(=O)Nc1cccnc1. The maximum Gasteiger partial charge on any atom is 0.269 e. The van der Waals surface area contributed by atoms with Crippen LogP contribution < -0.4 is 5.32 Å². The molecule has 1 aliphatic carbocycles. The Morgan fingerprint density at radius 2 is 1.97 bits per heavy atom. The molecule has 0 spiro atoms. The third-order valence-corrected chi connectivity index (χ3v) is 5.51. The van der Waals surface area contributed by atoms with Crippen LogP contribution in [0.4, 0.5) is 11.4 Å². The van der Waals surface area contributed by atoms with Crippen LogP contribution in [0.3, 0.4) is 0 Å². The molecule has 1 amide bonds. The first kappa shape index (κ1) is 19.6. The molecule has 2 atom stereocenters. The van der Waals surface area contributed by atoms with Gasteiger partial charge in [-0.1, -0.05) is 12.1 Å². The number of allylic oxidation sites excluding steroid dienone is 2. The van der Waals surface area contributed by atoms with Crippen molar-refractivity contribution in [3.8, 4) is 0 Å². The van der Waals surface area contributed by atoms with E-state index in [1.807, 2.05) is 0 Å². The number of nitro groups is 1. The summed E-state index contributed by atoms with van der Waals surface area (Å²) in [5.74, 6) is -1.55. The minimum atomic E-state index is -0.701. The highest BCUT2D eigenvalue weighted by atomic mass is 16.6. The van der Waals surface area contributed by atoms with Gasteiger partial charge in [0.2, 0.25) is 5.91 Å². The Morgan fingerprint density at radius 3 is 2.63 bits per heavy atom. The van der Waals surface area contributed by atoms with Gasteiger partial charge in [-0.25, -0.2) is 0 Å². The molecule has 152 valence electrons. The van der Waals surface area contributed by atoms with Crippen LogP contribution in [0.25, 0.3) is 0 Å². The number of non-ortho nitro benzene ring substituents is 1. The summed E-state index contributed by atoms with van der Waals surface area (Å²) in [4.78, 5) is 45.3. The average Bonchev–Trinajstić information content (AvgIpc) is 2.73. The summed E-state index contributed by atoms with van der Waals surface area (Å²) >= 11 is 0. The second-order valence-corrected chi connectivity index (χ2v) is 7.43. The quantitative estimate of drug-likeness (QED) is 0.615. The number of carbonyl (C=O) groups excluding carboxylic acids is 2. The van der Waals surface area contributed by atoms with Crippen molar-refractivity contribution < 1.29 is 14.5 Å². The summed E-state index contributed by atoms with van der Waals surface area (Å²) in [5, 5.41) is 13.9. The Bertz CT molecular complexity index is 1070. The number of nitro benzene ring substituents is 1. The zero-order valence-corrected chi connectivity index (χ0v) is 16.4. The Morgan fingerprint density at radius 1 is 1.20 bits per heavy atom. The molecule has 0 saturated heterocycles. The predicted octanol–water partition coefficient (Wildman–Crippen LogP) is 3.81. The number of rotatable bonds is 4. The van der Waals surface area contributed by atoms with Gasteiger partial charge in [0.15, 0.2) is 5.78 Å². The monoisotopic (exact) mass is 404 g/mol. The van der Waals surface area contributed by atoms with Crippen LogP contribution >= 0.6 is 0 Å². The molecule has 0 fully saturated rings. The zero-order chi connectivity index (χ0) is 21.3. The Kier molecular flexibility index (Phi) is 5.22. The van der Waals surface area contributed by atoms with Gasteiger partial charge in [-0.05, 0) is 37.5 Å². The third-order valence-electron chi connectivity index (χ3n) is 5.51. The second-order valence-electron chi connectivity index (χ2n) is 7.43. The number of Topliss-reactive ketones (excluding diaryl/α,β-unsaturated/α-hetero) is 1. The average molecular weight is 404 g/mol. The molecular formula is C22H20N4O4. The number of pyridine rings is 1. The van der Waals surface area contributed by atoms with Gasteiger partial charge in [0.05, 0.1) is 22.7 Å². The smallest absolute Gasteiger partial charge is 0.269 e. The molecule has 2 aliphatic rings. The lowest BCUT2D eigenvalue weighted by molar-refractivity contribution is -0.384. The molecule has 0 radical (unpaired) electrons. The second kappa shape index (κ2) is 7.98. The van der Waals surface area contributed by atoms with Crippen molar-refractivity contribution in [3.05, 3.63) is 75.7 Å². The van der Waals surface area contributed by atoms with Gasteiger partial charge in [-0.2, -0.15) is 0 Å². The van der Waals surface area contributed by atoms with E-state index in [2.05, 4.69) is 15.3 Å². The maximum atomic E-state index is 13.3. The molecule has 8 nitrogen and oxygen atoms in total. The highest BCUT2D eigenvalue weighted by molar-refractivity contribution is 6.13. The zero-order valence-electron chi connectivity index (χ0n) is 16.4. The predicted molar refractivity (Wildman–Crippen MR) is 111 cm³/mol. The number of hydrogen-bond donors (Lipinski definition) is 1. The van der Waals surface area contributed by atoms with Crippen molar-refractivity contribution in [1.29, 1.82) is 0 Å². The molecule has 0 bridgehead atoms. The standard InChI is InChI=1S/C22H20N4O4/c1-13-19(22(28)25-15-4-3-11-23-12-15)20(14-7-9-16(10-8-14)26(29)30)21-17(24-13)5-2-6-18(21)27/h3-4,7-12,19-20H,2,5-6H2,1H3,(H,25,28)/t19?,20-/m0/s1. The van der Waals surface area contributed by atoms with E-state index in [-0.39, 0.29) is 17.4 Å². The van der Waals surface area contributed by atoms with Crippen LogP contribution in [0.2, 0.25) is 0 Å². The summed E-state index contributed by atoms with van der Waals surface area (Å²) in [6.45, 7) is 1.79. The summed E-state index contributed by atoms with van der Waals surface area (Å²) < 4.78 is 0. The van der Waals surface area contributed by atoms with Crippen LogP contribution in [-0.2, 0) is 9.59 Å². The Labute approximate surface area is 172 Å². The van der Waals surface area contributed by atoms with Gasteiger partial charge in [0.25, 0.3) is 5.69 Å². The first-order chi connectivity index (χ1) is 14.5. The summed E-state index contributed by atoms with van der Waals surface area (Å²) in [6, 6.07) is 9.50. The molecule has 0 saturated carbocycles. The fourth-order valence-electron chi connectivity index (χ4n) is 4.17. The largest absolute Gasteiger partial charge is 0.324 e. The summed E-state index contributed by atoms with van der Waals surface area (Å²) in [6.07, 6.45) is 4.98. The number of anilines is 1. The van der Waals surface area contributed by atoms with E-state index < -0.39 is 16.8 Å². The van der Waals surface area contributed by atoms with Crippen LogP contribution in [0, 0.1) is 16.0 Å². The number of aliphatic imine (C=N–C) groups is 1. The lowest BCUT2D eigenvalue weighted by Gasteiger charge is -2.34. The molecule has 30 heavy (non-hydrogen) atoms. The molecule has 4 rings (SSSR count). The van der Waals surface area contributed by atoms with Gasteiger partial charge < -0.3 is 5.32 Å². The minimum Gasteiger partial charge on any atom is -0.324 e. The van der Waals surface area contributed by atoms with Crippen molar-refractivity contribution in [2.75, 3.05) is 5.32 Å². The van der Waals surface area contributed by atoms with E-state index in [9.17, 15) is 19.7 Å². The molecule has 1 unspecified atom stereocenters. The van der Waals surface area contributed by atoms with E-state index in [0.717, 1.165) is 12.1 Å². The molecule has 1 N–H and O–H groups in total. The van der Waals surface area contributed by atoms with E-state index in [0.29, 0.717) is 35.4 Å². The fourth-order valence-corrected chi connectivity index (χ4v) is 4.17. The Balaban J connectivity index is 1.78. The molecule has 1 aromatic carbocycles. The fraction of sp³-hybridized carbons (Fsp3) is 0.273. The highest BCUT2D eigenvalue weighted by Gasteiger charge is 2.42.